The van der Waals surface area contributed by atoms with E-state index in [1.165, 1.54) is 10.6 Å². The summed E-state index contributed by atoms with van der Waals surface area (Å²) in [6.07, 6.45) is 3.66. The van der Waals surface area contributed by atoms with Gasteiger partial charge >= 0.3 is 0 Å². The quantitative estimate of drug-likeness (QED) is 0.747. The lowest BCUT2D eigenvalue weighted by Crippen LogP contribution is -2.36. The number of aromatic nitrogens is 3. The van der Waals surface area contributed by atoms with Crippen LogP contribution in [0.15, 0.2) is 12.3 Å². The van der Waals surface area contributed by atoms with E-state index < -0.39 is 10.0 Å². The summed E-state index contributed by atoms with van der Waals surface area (Å²) in [6, 6.07) is 1.92. The lowest BCUT2D eigenvalue weighted by molar-refractivity contribution is 0.387. The van der Waals surface area contributed by atoms with Gasteiger partial charge in [-0.15, -0.1) is 0 Å². The molecule has 3 heterocycles. The summed E-state index contributed by atoms with van der Waals surface area (Å²) >= 11 is 0. The van der Waals surface area contributed by atoms with E-state index >= 15 is 0 Å². The minimum absolute atomic E-state index is 0.385. The first-order chi connectivity index (χ1) is 8.45. The van der Waals surface area contributed by atoms with Gasteiger partial charge in [-0.05, 0) is 6.92 Å². The number of hydrogen-bond donors (Lipinski definition) is 0. The predicted molar refractivity (Wildman–Crippen MR) is 66.7 cm³/mol. The fourth-order valence-electron chi connectivity index (χ4n) is 2.31. The summed E-state index contributed by atoms with van der Waals surface area (Å²) in [5, 5.41) is 4.40. The molecule has 0 amide bonds. The Kier molecular flexibility index (Phi) is 2.43. The van der Waals surface area contributed by atoms with E-state index in [0.717, 1.165) is 22.6 Å². The van der Waals surface area contributed by atoms with Gasteiger partial charge in [-0.25, -0.2) is 17.9 Å². The summed E-state index contributed by atoms with van der Waals surface area (Å²) in [6.45, 7) is 2.81. The molecule has 1 aliphatic heterocycles. The van der Waals surface area contributed by atoms with Crippen LogP contribution in [-0.2, 0) is 23.0 Å². The van der Waals surface area contributed by atoms with Crippen LogP contribution in [0, 0.1) is 6.92 Å². The monoisotopic (exact) mass is 266 g/mol. The number of rotatable bonds is 1. The highest BCUT2D eigenvalue weighted by molar-refractivity contribution is 7.88. The molecule has 18 heavy (non-hydrogen) atoms. The SMILES string of the molecule is Cc1cc2ncc3c(n2n1)CCN(S(C)(=O)=O)C3. The minimum Gasteiger partial charge on any atom is -0.237 e. The van der Waals surface area contributed by atoms with Crippen LogP contribution >= 0.6 is 0 Å². The minimum atomic E-state index is -3.14. The van der Waals surface area contributed by atoms with Gasteiger partial charge in [0.1, 0.15) is 0 Å². The van der Waals surface area contributed by atoms with Crippen molar-refractivity contribution in [2.24, 2.45) is 0 Å². The van der Waals surface area contributed by atoms with Crippen molar-refractivity contribution in [1.29, 1.82) is 0 Å². The Hall–Kier alpha value is -1.47. The first-order valence-corrected chi connectivity index (χ1v) is 7.58. The van der Waals surface area contributed by atoms with E-state index in [0.29, 0.717) is 19.5 Å². The number of aryl methyl sites for hydroxylation is 1. The molecule has 2 aromatic heterocycles. The van der Waals surface area contributed by atoms with Gasteiger partial charge in [0.05, 0.1) is 17.6 Å². The molecule has 0 saturated carbocycles. The Labute approximate surface area is 105 Å². The van der Waals surface area contributed by atoms with Crippen molar-refractivity contribution >= 4 is 15.7 Å². The maximum Gasteiger partial charge on any atom is 0.211 e. The van der Waals surface area contributed by atoms with E-state index in [2.05, 4.69) is 10.1 Å². The second-order valence-corrected chi connectivity index (χ2v) is 6.61. The Morgan fingerprint density at radius 3 is 2.89 bits per heavy atom. The summed E-state index contributed by atoms with van der Waals surface area (Å²) in [7, 11) is -3.14. The van der Waals surface area contributed by atoms with Crippen LogP contribution in [0.4, 0.5) is 0 Å². The van der Waals surface area contributed by atoms with Crippen molar-refractivity contribution in [3.63, 3.8) is 0 Å². The third-order valence-corrected chi connectivity index (χ3v) is 4.46. The van der Waals surface area contributed by atoms with Gasteiger partial charge in [-0.1, -0.05) is 0 Å². The van der Waals surface area contributed by atoms with Gasteiger partial charge in [0.2, 0.25) is 10.0 Å². The van der Waals surface area contributed by atoms with Crippen molar-refractivity contribution < 1.29 is 8.42 Å². The molecule has 0 saturated heterocycles. The highest BCUT2D eigenvalue weighted by Crippen LogP contribution is 2.21. The average Bonchev–Trinajstić information content (AvgIpc) is 2.68. The molecule has 7 heteroatoms. The van der Waals surface area contributed by atoms with E-state index in [1.807, 2.05) is 17.5 Å². The lowest BCUT2D eigenvalue weighted by Gasteiger charge is -2.26. The molecule has 3 rings (SSSR count). The van der Waals surface area contributed by atoms with Crippen molar-refractivity contribution in [2.45, 2.75) is 19.9 Å². The average molecular weight is 266 g/mol. The summed E-state index contributed by atoms with van der Waals surface area (Å²) < 4.78 is 26.4. The summed E-state index contributed by atoms with van der Waals surface area (Å²) in [5.41, 5.74) is 3.73. The van der Waals surface area contributed by atoms with Gasteiger partial charge in [-0.2, -0.15) is 9.40 Å². The topological polar surface area (TPSA) is 67.6 Å². The fourth-order valence-corrected chi connectivity index (χ4v) is 3.11. The van der Waals surface area contributed by atoms with Gasteiger partial charge in [0.25, 0.3) is 0 Å². The molecule has 0 atom stereocenters. The van der Waals surface area contributed by atoms with Gasteiger partial charge in [-0.3, -0.25) is 0 Å². The standard InChI is InChI=1S/C11H14N4O2S/c1-8-5-11-12-6-9-7-14(18(2,16)17)4-3-10(9)15(11)13-8/h5-6H,3-4,7H2,1-2H3. The number of fused-ring (bicyclic) bond motifs is 3. The lowest BCUT2D eigenvalue weighted by atomic mass is 10.1. The molecular formula is C11H14N4O2S. The third kappa shape index (κ3) is 1.79. The van der Waals surface area contributed by atoms with Crippen molar-refractivity contribution in [2.75, 3.05) is 12.8 Å². The second kappa shape index (κ2) is 3.76. The van der Waals surface area contributed by atoms with Crippen LogP contribution < -0.4 is 0 Å². The first kappa shape index (κ1) is 11.6. The van der Waals surface area contributed by atoms with E-state index in [1.54, 1.807) is 6.20 Å². The van der Waals surface area contributed by atoms with E-state index in [-0.39, 0.29) is 0 Å². The zero-order valence-electron chi connectivity index (χ0n) is 10.3. The second-order valence-electron chi connectivity index (χ2n) is 4.63. The van der Waals surface area contributed by atoms with Crippen LogP contribution in [-0.4, -0.2) is 40.1 Å². The van der Waals surface area contributed by atoms with Crippen LogP contribution in [0.2, 0.25) is 0 Å². The molecule has 1 aliphatic rings. The number of nitrogens with zero attached hydrogens (tertiary/aromatic N) is 4. The Morgan fingerprint density at radius 2 is 2.17 bits per heavy atom. The molecule has 0 radical (unpaired) electrons. The van der Waals surface area contributed by atoms with Gasteiger partial charge in [0.15, 0.2) is 5.65 Å². The van der Waals surface area contributed by atoms with Crippen LogP contribution in [0.1, 0.15) is 17.0 Å². The van der Waals surface area contributed by atoms with E-state index in [4.69, 9.17) is 0 Å². The molecule has 0 spiro atoms. The highest BCUT2D eigenvalue weighted by atomic mass is 32.2. The maximum absolute atomic E-state index is 11.5. The predicted octanol–water partition coefficient (Wildman–Crippen LogP) is 0.355. The molecule has 0 unspecified atom stereocenters. The Morgan fingerprint density at radius 1 is 1.39 bits per heavy atom. The summed E-state index contributed by atoms with van der Waals surface area (Å²) in [4.78, 5) is 4.31. The largest absolute Gasteiger partial charge is 0.237 e. The Balaban J connectivity index is 2.10. The molecule has 0 fully saturated rings. The highest BCUT2D eigenvalue weighted by Gasteiger charge is 2.25. The third-order valence-electron chi connectivity index (χ3n) is 3.21. The summed E-state index contributed by atoms with van der Waals surface area (Å²) in [5.74, 6) is 0. The smallest absolute Gasteiger partial charge is 0.211 e. The zero-order chi connectivity index (χ0) is 12.9. The molecule has 0 N–H and O–H groups in total. The van der Waals surface area contributed by atoms with Crippen molar-refractivity contribution in [3.05, 3.63) is 29.2 Å². The molecule has 0 aliphatic carbocycles. The molecular weight excluding hydrogens is 252 g/mol. The van der Waals surface area contributed by atoms with Crippen molar-refractivity contribution in [3.8, 4) is 0 Å². The molecule has 96 valence electrons. The van der Waals surface area contributed by atoms with E-state index in [9.17, 15) is 8.42 Å². The van der Waals surface area contributed by atoms with Gasteiger partial charge in [0, 0.05) is 37.3 Å². The fraction of sp³-hybridized carbons (Fsp3) is 0.455. The molecule has 2 aromatic rings. The molecule has 6 nitrogen and oxygen atoms in total. The van der Waals surface area contributed by atoms with Crippen LogP contribution in [0.3, 0.4) is 0 Å². The molecule has 0 bridgehead atoms. The van der Waals surface area contributed by atoms with Crippen LogP contribution in [0.25, 0.3) is 5.65 Å². The van der Waals surface area contributed by atoms with Gasteiger partial charge < -0.3 is 0 Å². The number of hydrogen-bond acceptors (Lipinski definition) is 4. The maximum atomic E-state index is 11.5. The molecule has 0 aromatic carbocycles. The van der Waals surface area contributed by atoms with Crippen molar-refractivity contribution in [1.82, 2.24) is 18.9 Å². The Bertz CT molecular complexity index is 720. The van der Waals surface area contributed by atoms with Crippen LogP contribution in [0.5, 0.6) is 0 Å². The first-order valence-electron chi connectivity index (χ1n) is 5.73. The zero-order valence-corrected chi connectivity index (χ0v) is 11.1. The number of sulfonamides is 1. The normalized spacial score (nSPS) is 17.0.